The number of carbonyl (C=O) groups is 2. The van der Waals surface area contributed by atoms with Gasteiger partial charge in [-0.15, -0.1) is 25.3 Å². The molecule has 4 nitrogen and oxygen atoms in total. The van der Waals surface area contributed by atoms with Gasteiger partial charge in [0.1, 0.15) is 0 Å². The number of carbonyl (C=O) groups excluding carboxylic acids is 2. The second-order valence-corrected chi connectivity index (χ2v) is 3.51. The van der Waals surface area contributed by atoms with Crippen LogP contribution in [0.25, 0.3) is 0 Å². The molecule has 1 aromatic rings. The smallest absolute Gasteiger partial charge is 0.250 e. The average Bonchev–Trinajstić information content (AvgIpc) is 2.08. The van der Waals surface area contributed by atoms with Crippen molar-refractivity contribution < 1.29 is 9.59 Å². The molecule has 0 bridgehead atoms. The van der Waals surface area contributed by atoms with Gasteiger partial charge < -0.3 is 11.5 Å². The molecule has 74 valence electrons. The fourth-order valence-corrected chi connectivity index (χ4v) is 1.53. The zero-order valence-electron chi connectivity index (χ0n) is 7.02. The molecule has 0 atom stereocenters. The lowest BCUT2D eigenvalue weighted by Gasteiger charge is -2.07. The second kappa shape index (κ2) is 3.93. The fraction of sp³-hybridized carbons (Fsp3) is 0. The first-order valence-corrected chi connectivity index (χ1v) is 4.49. The summed E-state index contributed by atoms with van der Waals surface area (Å²) in [7, 11) is 0. The maximum Gasteiger partial charge on any atom is 0.250 e. The molecule has 0 aliphatic rings. The van der Waals surface area contributed by atoms with E-state index < -0.39 is 11.8 Å². The van der Waals surface area contributed by atoms with Crippen LogP contribution in [0.4, 0.5) is 0 Å². The van der Waals surface area contributed by atoms with Crippen molar-refractivity contribution in [2.45, 2.75) is 9.79 Å². The topological polar surface area (TPSA) is 86.2 Å². The monoisotopic (exact) mass is 228 g/mol. The van der Waals surface area contributed by atoms with Gasteiger partial charge in [0.25, 0.3) is 5.91 Å². The summed E-state index contributed by atoms with van der Waals surface area (Å²) in [5, 5.41) is 0. The first kappa shape index (κ1) is 10.9. The van der Waals surface area contributed by atoms with E-state index in [2.05, 4.69) is 25.3 Å². The van der Waals surface area contributed by atoms with Crippen molar-refractivity contribution in [3.05, 3.63) is 23.3 Å². The molecule has 0 heterocycles. The third kappa shape index (κ3) is 1.85. The van der Waals surface area contributed by atoms with E-state index in [0.717, 1.165) is 0 Å². The van der Waals surface area contributed by atoms with Crippen molar-refractivity contribution in [2.24, 2.45) is 11.5 Å². The molecule has 1 rings (SSSR count). The molecule has 0 aliphatic carbocycles. The van der Waals surface area contributed by atoms with Gasteiger partial charge in [0, 0.05) is 9.79 Å². The van der Waals surface area contributed by atoms with Crippen molar-refractivity contribution in [3.8, 4) is 0 Å². The highest BCUT2D eigenvalue weighted by Crippen LogP contribution is 2.25. The summed E-state index contributed by atoms with van der Waals surface area (Å²) in [5.74, 6) is -1.47. The van der Waals surface area contributed by atoms with Crippen molar-refractivity contribution in [1.82, 2.24) is 0 Å². The zero-order chi connectivity index (χ0) is 10.9. The molecule has 0 radical (unpaired) electrons. The summed E-state index contributed by atoms with van der Waals surface area (Å²) in [6, 6.07) is 2.92. The van der Waals surface area contributed by atoms with Crippen LogP contribution in [0.15, 0.2) is 21.9 Å². The van der Waals surface area contributed by atoms with E-state index in [1.54, 1.807) is 0 Å². The number of rotatable bonds is 2. The minimum atomic E-state index is -0.750. The van der Waals surface area contributed by atoms with Gasteiger partial charge in [-0.05, 0) is 12.1 Å². The Kier molecular flexibility index (Phi) is 3.07. The van der Waals surface area contributed by atoms with E-state index in [0.29, 0.717) is 4.90 Å². The highest BCUT2D eigenvalue weighted by atomic mass is 32.1. The molecule has 2 amide bonds. The largest absolute Gasteiger partial charge is 0.366 e. The number of primary amides is 2. The van der Waals surface area contributed by atoms with Crippen LogP contribution in [-0.2, 0) is 0 Å². The van der Waals surface area contributed by atoms with Crippen molar-refractivity contribution in [3.63, 3.8) is 0 Å². The van der Waals surface area contributed by atoms with Gasteiger partial charge >= 0.3 is 0 Å². The number of hydrogen-bond donors (Lipinski definition) is 4. The first-order chi connectivity index (χ1) is 6.45. The van der Waals surface area contributed by atoms with Crippen LogP contribution >= 0.6 is 25.3 Å². The Hall–Kier alpha value is -1.14. The lowest BCUT2D eigenvalue weighted by atomic mass is 10.1. The Morgan fingerprint density at radius 2 is 1.64 bits per heavy atom. The standard InChI is InChI=1S/C8H8N2O2S2/c9-7(11)3-1-2-4(13)6(14)5(3)8(10)12/h1-2,13-14H,(H2,9,11)(H2,10,12). The molecule has 6 heteroatoms. The van der Waals surface area contributed by atoms with E-state index in [-0.39, 0.29) is 16.0 Å². The Labute approximate surface area is 91.5 Å². The van der Waals surface area contributed by atoms with E-state index in [1.807, 2.05) is 0 Å². The van der Waals surface area contributed by atoms with Crippen LogP contribution in [0.5, 0.6) is 0 Å². The predicted molar refractivity (Wildman–Crippen MR) is 58.0 cm³/mol. The molecule has 0 aliphatic heterocycles. The van der Waals surface area contributed by atoms with Crippen LogP contribution in [0.3, 0.4) is 0 Å². The van der Waals surface area contributed by atoms with E-state index in [1.165, 1.54) is 12.1 Å². The number of thiol groups is 2. The molecule has 0 spiro atoms. The summed E-state index contributed by atoms with van der Waals surface area (Å²) in [5.41, 5.74) is 10.2. The molecule has 0 saturated heterocycles. The lowest BCUT2D eigenvalue weighted by molar-refractivity contribution is 0.0964. The maximum absolute atomic E-state index is 11.0. The third-order valence-corrected chi connectivity index (χ3v) is 2.68. The third-order valence-electron chi connectivity index (χ3n) is 1.67. The SMILES string of the molecule is NC(=O)c1ccc(S)c(S)c1C(N)=O. The molecular weight excluding hydrogens is 220 g/mol. The van der Waals surface area contributed by atoms with Crippen LogP contribution < -0.4 is 11.5 Å². The van der Waals surface area contributed by atoms with Crippen LogP contribution in [-0.4, -0.2) is 11.8 Å². The quantitative estimate of drug-likeness (QED) is 0.554. The van der Waals surface area contributed by atoms with Gasteiger partial charge in [-0.3, -0.25) is 9.59 Å². The van der Waals surface area contributed by atoms with Crippen molar-refractivity contribution in [1.29, 1.82) is 0 Å². The van der Waals surface area contributed by atoms with Crippen LogP contribution in [0.2, 0.25) is 0 Å². The molecule has 4 N–H and O–H groups in total. The van der Waals surface area contributed by atoms with Crippen LogP contribution in [0, 0.1) is 0 Å². The number of hydrogen-bond acceptors (Lipinski definition) is 4. The van der Waals surface area contributed by atoms with E-state index in [4.69, 9.17) is 11.5 Å². The van der Waals surface area contributed by atoms with Gasteiger partial charge in [0.15, 0.2) is 0 Å². The Morgan fingerprint density at radius 3 is 2.07 bits per heavy atom. The van der Waals surface area contributed by atoms with Crippen molar-refractivity contribution >= 4 is 37.1 Å². The van der Waals surface area contributed by atoms with Gasteiger partial charge in [0.2, 0.25) is 5.91 Å². The Bertz CT molecular complexity index is 418. The van der Waals surface area contributed by atoms with Crippen LogP contribution in [0.1, 0.15) is 20.7 Å². The minimum Gasteiger partial charge on any atom is -0.366 e. The average molecular weight is 228 g/mol. The second-order valence-electron chi connectivity index (χ2n) is 2.58. The normalized spacial score (nSPS) is 9.86. The molecule has 14 heavy (non-hydrogen) atoms. The van der Waals surface area contributed by atoms with Gasteiger partial charge in [-0.1, -0.05) is 0 Å². The highest BCUT2D eigenvalue weighted by Gasteiger charge is 2.17. The molecule has 0 saturated carbocycles. The minimum absolute atomic E-state index is 0.00772. The summed E-state index contributed by atoms with van der Waals surface area (Å²) in [4.78, 5) is 22.7. The van der Waals surface area contributed by atoms with Gasteiger partial charge in [-0.2, -0.15) is 0 Å². The molecule has 1 aromatic carbocycles. The summed E-state index contributed by atoms with van der Waals surface area (Å²) in [6.07, 6.45) is 0. The lowest BCUT2D eigenvalue weighted by Crippen LogP contribution is -2.21. The van der Waals surface area contributed by atoms with Crippen molar-refractivity contribution in [2.75, 3.05) is 0 Å². The van der Waals surface area contributed by atoms with E-state index >= 15 is 0 Å². The molecule has 0 aromatic heterocycles. The molecular formula is C8H8N2O2S2. The maximum atomic E-state index is 11.0. The summed E-state index contributed by atoms with van der Waals surface area (Å²) < 4.78 is 0. The highest BCUT2D eigenvalue weighted by molar-refractivity contribution is 7.83. The summed E-state index contributed by atoms with van der Waals surface area (Å²) >= 11 is 8.07. The molecule has 0 unspecified atom stereocenters. The van der Waals surface area contributed by atoms with Gasteiger partial charge in [0.05, 0.1) is 11.1 Å². The molecule has 0 fully saturated rings. The predicted octanol–water partition coefficient (Wildman–Crippen LogP) is 0.462. The van der Waals surface area contributed by atoms with E-state index in [9.17, 15) is 9.59 Å². The summed E-state index contributed by atoms with van der Waals surface area (Å²) in [6.45, 7) is 0. The zero-order valence-corrected chi connectivity index (χ0v) is 8.81. The number of benzene rings is 1. The van der Waals surface area contributed by atoms with Gasteiger partial charge in [-0.25, -0.2) is 0 Å². The number of amides is 2. The Morgan fingerprint density at radius 1 is 1.07 bits per heavy atom. The first-order valence-electron chi connectivity index (χ1n) is 3.59. The fourth-order valence-electron chi connectivity index (χ4n) is 1.03. The Balaban J connectivity index is 3.53. The number of nitrogens with two attached hydrogens (primary N) is 2.